The molecule has 0 aliphatic carbocycles. The van der Waals surface area contributed by atoms with Gasteiger partial charge < -0.3 is 4.74 Å². The highest BCUT2D eigenvalue weighted by Gasteiger charge is 1.92. The highest BCUT2D eigenvalue weighted by Crippen LogP contribution is 2.14. The molecule has 10 heavy (non-hydrogen) atoms. The van der Waals surface area contributed by atoms with Crippen LogP contribution in [0.1, 0.15) is 11.1 Å². The van der Waals surface area contributed by atoms with Crippen LogP contribution in [0.25, 0.3) is 0 Å². The fourth-order valence-electron chi connectivity index (χ4n) is 0.942. The summed E-state index contributed by atoms with van der Waals surface area (Å²) in [7, 11) is 1.66. The largest absolute Gasteiger partial charge is 0.497 e. The third kappa shape index (κ3) is 1.50. The van der Waals surface area contributed by atoms with Gasteiger partial charge in [0.25, 0.3) is 0 Å². The fraction of sp³-hybridized carbons (Fsp3) is 0.222. The molecular weight excluding hydrogens is 124 g/mol. The summed E-state index contributed by atoms with van der Waals surface area (Å²) in [5.41, 5.74) is 2.18. The lowest BCUT2D eigenvalue weighted by molar-refractivity contribution is 0.414. The van der Waals surface area contributed by atoms with Crippen molar-refractivity contribution in [3.8, 4) is 5.75 Å². The van der Waals surface area contributed by atoms with Crippen molar-refractivity contribution in [1.82, 2.24) is 0 Å². The number of methoxy groups -OCH3 is 1. The van der Waals surface area contributed by atoms with E-state index in [4.69, 9.17) is 4.74 Å². The summed E-state index contributed by atoms with van der Waals surface area (Å²) in [5, 5.41) is 0. The molecule has 1 heteroatoms. The normalized spacial score (nSPS) is 9.50. The summed E-state index contributed by atoms with van der Waals surface area (Å²) in [6.45, 7) is 5.84. The molecule has 1 rings (SSSR count). The van der Waals surface area contributed by atoms with Crippen LogP contribution < -0.4 is 4.74 Å². The van der Waals surface area contributed by atoms with Gasteiger partial charge in [-0.25, -0.2) is 0 Å². The first-order valence-electron chi connectivity index (χ1n) is 3.20. The SMILES string of the molecule is [CH2]c1cc(C)cc(OC)c1. The van der Waals surface area contributed by atoms with E-state index in [2.05, 4.69) is 6.92 Å². The molecule has 0 unspecified atom stereocenters. The molecule has 1 aromatic carbocycles. The molecule has 0 spiro atoms. The van der Waals surface area contributed by atoms with Gasteiger partial charge in [-0.2, -0.15) is 0 Å². The van der Waals surface area contributed by atoms with Gasteiger partial charge in [0.15, 0.2) is 0 Å². The highest BCUT2D eigenvalue weighted by molar-refractivity contribution is 5.34. The molecule has 0 saturated carbocycles. The molecule has 0 saturated heterocycles. The number of hydrogen-bond donors (Lipinski definition) is 0. The van der Waals surface area contributed by atoms with Crippen molar-refractivity contribution in [2.24, 2.45) is 0 Å². The van der Waals surface area contributed by atoms with Crippen LogP contribution in [0.2, 0.25) is 0 Å². The number of benzene rings is 1. The summed E-state index contributed by atoms with van der Waals surface area (Å²) >= 11 is 0. The van der Waals surface area contributed by atoms with Crippen molar-refractivity contribution in [1.29, 1.82) is 0 Å². The van der Waals surface area contributed by atoms with E-state index in [0.717, 1.165) is 11.3 Å². The van der Waals surface area contributed by atoms with Gasteiger partial charge in [-0.05, 0) is 37.1 Å². The molecule has 0 amide bonds. The first kappa shape index (κ1) is 7.13. The van der Waals surface area contributed by atoms with Crippen LogP contribution in [-0.4, -0.2) is 7.11 Å². The minimum Gasteiger partial charge on any atom is -0.497 e. The van der Waals surface area contributed by atoms with Gasteiger partial charge in [0.1, 0.15) is 5.75 Å². The molecule has 0 aromatic heterocycles. The first-order valence-corrected chi connectivity index (χ1v) is 3.20. The van der Waals surface area contributed by atoms with Crippen molar-refractivity contribution in [3.05, 3.63) is 36.2 Å². The van der Waals surface area contributed by atoms with Gasteiger partial charge in [0.05, 0.1) is 7.11 Å². The maximum absolute atomic E-state index is 5.04. The molecule has 0 fully saturated rings. The lowest BCUT2D eigenvalue weighted by Gasteiger charge is -2.01. The molecule has 1 radical (unpaired) electrons. The average Bonchev–Trinajstić information content (AvgIpc) is 1.85. The van der Waals surface area contributed by atoms with Crippen LogP contribution in [0.15, 0.2) is 18.2 Å². The standard InChI is InChI=1S/C9H11O/c1-7-4-8(2)6-9(5-7)10-3/h4-6H,1H2,2-3H3. The highest BCUT2D eigenvalue weighted by atomic mass is 16.5. The van der Waals surface area contributed by atoms with Crippen LogP contribution in [0.5, 0.6) is 5.75 Å². The molecule has 0 N–H and O–H groups in total. The summed E-state index contributed by atoms with van der Waals surface area (Å²) in [4.78, 5) is 0. The second kappa shape index (κ2) is 2.74. The second-order valence-electron chi connectivity index (χ2n) is 2.36. The van der Waals surface area contributed by atoms with Crippen LogP contribution in [0.4, 0.5) is 0 Å². The zero-order chi connectivity index (χ0) is 7.56. The predicted octanol–water partition coefficient (Wildman–Crippen LogP) is 2.19. The Morgan fingerprint density at radius 2 is 2.00 bits per heavy atom. The molecule has 53 valence electrons. The van der Waals surface area contributed by atoms with Gasteiger partial charge in [0.2, 0.25) is 0 Å². The van der Waals surface area contributed by atoms with Crippen LogP contribution in [-0.2, 0) is 0 Å². The lowest BCUT2D eigenvalue weighted by atomic mass is 10.1. The Morgan fingerprint density at radius 3 is 2.50 bits per heavy atom. The second-order valence-corrected chi connectivity index (χ2v) is 2.36. The van der Waals surface area contributed by atoms with Crippen LogP contribution >= 0.6 is 0 Å². The minimum absolute atomic E-state index is 0.880. The van der Waals surface area contributed by atoms with Crippen molar-refractivity contribution in [2.45, 2.75) is 6.92 Å². The molecule has 0 atom stereocenters. The van der Waals surface area contributed by atoms with Crippen LogP contribution in [0, 0.1) is 13.8 Å². The van der Waals surface area contributed by atoms with Gasteiger partial charge in [-0.1, -0.05) is 6.07 Å². The van der Waals surface area contributed by atoms with Crippen molar-refractivity contribution in [3.63, 3.8) is 0 Å². The van der Waals surface area contributed by atoms with Gasteiger partial charge in [0, 0.05) is 0 Å². The molecular formula is C9H11O. The van der Waals surface area contributed by atoms with Crippen molar-refractivity contribution < 1.29 is 4.74 Å². The van der Waals surface area contributed by atoms with Gasteiger partial charge in [-0.15, -0.1) is 0 Å². The third-order valence-electron chi connectivity index (χ3n) is 1.35. The maximum atomic E-state index is 5.04. The Kier molecular flexibility index (Phi) is 1.95. The molecule has 0 bridgehead atoms. The van der Waals surface area contributed by atoms with E-state index in [1.165, 1.54) is 5.56 Å². The van der Waals surface area contributed by atoms with Crippen molar-refractivity contribution >= 4 is 0 Å². The number of aryl methyl sites for hydroxylation is 1. The van der Waals surface area contributed by atoms with Crippen molar-refractivity contribution in [2.75, 3.05) is 7.11 Å². The summed E-state index contributed by atoms with van der Waals surface area (Å²) < 4.78 is 5.04. The minimum atomic E-state index is 0.880. The maximum Gasteiger partial charge on any atom is 0.119 e. The van der Waals surface area contributed by atoms with E-state index in [-0.39, 0.29) is 0 Å². The molecule has 1 nitrogen and oxygen atoms in total. The number of rotatable bonds is 1. The Bertz CT molecular complexity index is 208. The summed E-state index contributed by atoms with van der Waals surface area (Å²) in [6.07, 6.45) is 0. The van der Waals surface area contributed by atoms with Crippen LogP contribution in [0.3, 0.4) is 0 Å². The summed E-state index contributed by atoms with van der Waals surface area (Å²) in [6, 6.07) is 5.91. The number of ether oxygens (including phenoxy) is 1. The Hall–Kier alpha value is -0.980. The zero-order valence-corrected chi connectivity index (χ0v) is 6.35. The van der Waals surface area contributed by atoms with Gasteiger partial charge in [-0.3, -0.25) is 0 Å². The fourth-order valence-corrected chi connectivity index (χ4v) is 0.942. The van der Waals surface area contributed by atoms with E-state index in [0.29, 0.717) is 0 Å². The van der Waals surface area contributed by atoms with E-state index in [1.54, 1.807) is 7.11 Å². The topological polar surface area (TPSA) is 9.23 Å². The number of hydrogen-bond acceptors (Lipinski definition) is 1. The smallest absolute Gasteiger partial charge is 0.119 e. The first-order chi connectivity index (χ1) is 4.72. The van der Waals surface area contributed by atoms with E-state index in [1.807, 2.05) is 25.1 Å². The van der Waals surface area contributed by atoms with Gasteiger partial charge >= 0.3 is 0 Å². The monoisotopic (exact) mass is 135 g/mol. The zero-order valence-electron chi connectivity index (χ0n) is 6.35. The third-order valence-corrected chi connectivity index (χ3v) is 1.35. The Balaban J connectivity index is 3.06. The molecule has 1 aromatic rings. The van der Waals surface area contributed by atoms with E-state index >= 15 is 0 Å². The lowest BCUT2D eigenvalue weighted by Crippen LogP contribution is -1.84. The molecule has 0 aliphatic rings. The molecule has 0 aliphatic heterocycles. The Labute approximate surface area is 61.6 Å². The predicted molar refractivity (Wildman–Crippen MR) is 42.2 cm³/mol. The quantitative estimate of drug-likeness (QED) is 0.573. The van der Waals surface area contributed by atoms with E-state index < -0.39 is 0 Å². The summed E-state index contributed by atoms with van der Waals surface area (Å²) in [5.74, 6) is 0.880. The average molecular weight is 135 g/mol. The van der Waals surface area contributed by atoms with E-state index in [9.17, 15) is 0 Å². The Morgan fingerprint density at radius 1 is 1.30 bits per heavy atom. The molecule has 0 heterocycles.